The highest BCUT2D eigenvalue weighted by Gasteiger charge is 2.21. The molecule has 29 heavy (non-hydrogen) atoms. The molecule has 3 rings (SSSR count). The number of ether oxygens (including phenoxy) is 2. The molecule has 0 saturated heterocycles. The van der Waals surface area contributed by atoms with E-state index >= 15 is 0 Å². The molecule has 0 aliphatic rings. The number of aromatic nitrogens is 2. The Morgan fingerprint density at radius 2 is 2.00 bits per heavy atom. The zero-order valence-corrected chi connectivity index (χ0v) is 17.8. The number of halogens is 1. The Morgan fingerprint density at radius 1 is 1.24 bits per heavy atom. The van der Waals surface area contributed by atoms with E-state index in [0.717, 1.165) is 11.1 Å². The molecule has 0 spiro atoms. The van der Waals surface area contributed by atoms with Crippen LogP contribution in [0.2, 0.25) is 0 Å². The van der Waals surface area contributed by atoms with Gasteiger partial charge in [0.05, 0.1) is 30.0 Å². The van der Waals surface area contributed by atoms with Crippen LogP contribution in [-0.4, -0.2) is 28.1 Å². The van der Waals surface area contributed by atoms with Gasteiger partial charge in [0.2, 0.25) is 0 Å². The summed E-state index contributed by atoms with van der Waals surface area (Å²) < 4.78 is 13.0. The molecular weight excluding hydrogens is 438 g/mol. The highest BCUT2D eigenvalue weighted by Crippen LogP contribution is 2.36. The van der Waals surface area contributed by atoms with Crippen molar-refractivity contribution in [3.63, 3.8) is 0 Å². The fraction of sp³-hybridized carbons (Fsp3) is 0.238. The standard InChI is InChI=1S/C21H22BrN3O4/c1-3-24-13-17(11-23-24)25(21(27)29-14-15-7-5-4-6-8-15)12-16-9-18(22)20(26)19(10-16)28-2/h4-11,13,26H,3,12,14H2,1-2H3. The first-order valence-corrected chi connectivity index (χ1v) is 9.87. The van der Waals surface area contributed by atoms with Crippen LogP contribution in [0.4, 0.5) is 10.5 Å². The molecule has 2 aromatic carbocycles. The number of rotatable bonds is 7. The number of phenols is 1. The van der Waals surface area contributed by atoms with Crippen molar-refractivity contribution < 1.29 is 19.4 Å². The zero-order valence-electron chi connectivity index (χ0n) is 16.2. The molecule has 8 heteroatoms. The molecule has 1 heterocycles. The number of anilines is 1. The highest BCUT2D eigenvalue weighted by molar-refractivity contribution is 9.10. The van der Waals surface area contributed by atoms with Crippen LogP contribution in [0.3, 0.4) is 0 Å². The predicted octanol–water partition coefficient (Wildman–Crippen LogP) is 4.72. The lowest BCUT2D eigenvalue weighted by Crippen LogP contribution is -2.30. The summed E-state index contributed by atoms with van der Waals surface area (Å²) in [5, 5.41) is 14.3. The number of hydrogen-bond donors (Lipinski definition) is 1. The summed E-state index contributed by atoms with van der Waals surface area (Å²) in [4.78, 5) is 14.4. The van der Waals surface area contributed by atoms with Crippen molar-refractivity contribution in [3.05, 3.63) is 70.5 Å². The van der Waals surface area contributed by atoms with Crippen molar-refractivity contribution in [3.8, 4) is 11.5 Å². The molecule has 0 saturated carbocycles. The van der Waals surface area contributed by atoms with E-state index in [4.69, 9.17) is 9.47 Å². The van der Waals surface area contributed by atoms with Crippen molar-refractivity contribution in [2.24, 2.45) is 0 Å². The molecule has 0 aliphatic carbocycles. The first-order chi connectivity index (χ1) is 14.0. The molecule has 1 N–H and O–H groups in total. The minimum absolute atomic E-state index is 0.00765. The van der Waals surface area contributed by atoms with E-state index in [1.165, 1.54) is 12.0 Å². The lowest BCUT2D eigenvalue weighted by Gasteiger charge is -2.21. The van der Waals surface area contributed by atoms with Crippen molar-refractivity contribution in [2.75, 3.05) is 12.0 Å². The van der Waals surface area contributed by atoms with E-state index in [1.54, 1.807) is 29.2 Å². The van der Waals surface area contributed by atoms with E-state index in [2.05, 4.69) is 21.0 Å². The van der Waals surface area contributed by atoms with Crippen LogP contribution < -0.4 is 9.64 Å². The molecule has 3 aromatic rings. The Labute approximate surface area is 177 Å². The molecule has 0 unspecified atom stereocenters. The number of nitrogens with zero attached hydrogens (tertiary/aromatic N) is 3. The van der Waals surface area contributed by atoms with Crippen molar-refractivity contribution in [2.45, 2.75) is 26.6 Å². The van der Waals surface area contributed by atoms with Gasteiger partial charge >= 0.3 is 6.09 Å². The van der Waals surface area contributed by atoms with Gasteiger partial charge in [-0.3, -0.25) is 9.58 Å². The summed E-state index contributed by atoms with van der Waals surface area (Å²) >= 11 is 3.32. The fourth-order valence-electron chi connectivity index (χ4n) is 2.78. The SMILES string of the molecule is CCn1cc(N(Cc2cc(Br)c(O)c(OC)c2)C(=O)OCc2ccccc2)cn1. The van der Waals surface area contributed by atoms with Crippen LogP contribution in [0, 0.1) is 0 Å². The summed E-state index contributed by atoms with van der Waals surface area (Å²) in [7, 11) is 1.47. The van der Waals surface area contributed by atoms with Gasteiger partial charge in [-0.25, -0.2) is 4.79 Å². The molecule has 0 bridgehead atoms. The fourth-order valence-corrected chi connectivity index (χ4v) is 3.27. The molecule has 0 atom stereocenters. The van der Waals surface area contributed by atoms with Crippen molar-refractivity contribution >= 4 is 27.7 Å². The van der Waals surface area contributed by atoms with Crippen molar-refractivity contribution in [1.29, 1.82) is 0 Å². The predicted molar refractivity (Wildman–Crippen MR) is 113 cm³/mol. The van der Waals surface area contributed by atoms with Gasteiger partial charge in [0.15, 0.2) is 11.5 Å². The van der Waals surface area contributed by atoms with Gasteiger partial charge in [0.25, 0.3) is 0 Å². The maximum Gasteiger partial charge on any atom is 0.415 e. The van der Waals surface area contributed by atoms with Crippen LogP contribution in [-0.2, 0) is 24.4 Å². The number of phenolic OH excluding ortho intramolecular Hbond substituents is 1. The Kier molecular flexibility index (Phi) is 6.77. The average Bonchev–Trinajstić information content (AvgIpc) is 3.22. The Hall–Kier alpha value is -3.00. The quantitative estimate of drug-likeness (QED) is 0.552. The first-order valence-electron chi connectivity index (χ1n) is 9.07. The van der Waals surface area contributed by atoms with E-state index in [9.17, 15) is 9.90 Å². The van der Waals surface area contributed by atoms with Crippen LogP contribution in [0.1, 0.15) is 18.1 Å². The van der Waals surface area contributed by atoms with Crippen LogP contribution in [0.5, 0.6) is 11.5 Å². The summed E-state index contributed by atoms with van der Waals surface area (Å²) in [5.74, 6) is 0.324. The number of amides is 1. The molecule has 0 fully saturated rings. The summed E-state index contributed by atoms with van der Waals surface area (Å²) in [6.07, 6.45) is 2.92. The molecule has 1 amide bonds. The minimum atomic E-state index is -0.493. The van der Waals surface area contributed by atoms with Gasteiger partial charge in [-0.15, -0.1) is 0 Å². The van der Waals surface area contributed by atoms with Crippen LogP contribution in [0.15, 0.2) is 59.3 Å². The third-order valence-corrected chi connectivity index (χ3v) is 4.93. The largest absolute Gasteiger partial charge is 0.503 e. The maximum atomic E-state index is 12.9. The maximum absolute atomic E-state index is 12.9. The second-order valence-corrected chi connectivity index (χ2v) is 7.16. The minimum Gasteiger partial charge on any atom is -0.503 e. The molecule has 152 valence electrons. The van der Waals surface area contributed by atoms with Gasteiger partial charge < -0.3 is 14.6 Å². The smallest absolute Gasteiger partial charge is 0.415 e. The van der Waals surface area contributed by atoms with E-state index in [0.29, 0.717) is 22.5 Å². The van der Waals surface area contributed by atoms with Crippen LogP contribution >= 0.6 is 15.9 Å². The first kappa shape index (κ1) is 20.7. The molecule has 0 aliphatic heterocycles. The number of aryl methyl sites for hydroxylation is 1. The summed E-state index contributed by atoms with van der Waals surface area (Å²) in [6, 6.07) is 12.9. The highest BCUT2D eigenvalue weighted by atomic mass is 79.9. The number of carbonyl (C=O) groups is 1. The topological polar surface area (TPSA) is 76.8 Å². The Bertz CT molecular complexity index is 975. The molecule has 0 radical (unpaired) electrons. The Morgan fingerprint density at radius 3 is 2.66 bits per heavy atom. The van der Waals surface area contributed by atoms with E-state index in [-0.39, 0.29) is 18.9 Å². The number of aromatic hydroxyl groups is 1. The van der Waals surface area contributed by atoms with Gasteiger partial charge in [-0.2, -0.15) is 5.10 Å². The molecular formula is C21H22BrN3O4. The van der Waals surface area contributed by atoms with Gasteiger partial charge in [-0.05, 0) is 46.1 Å². The second kappa shape index (κ2) is 9.47. The molecule has 7 nitrogen and oxygen atoms in total. The van der Waals surface area contributed by atoms with Gasteiger partial charge in [-0.1, -0.05) is 30.3 Å². The second-order valence-electron chi connectivity index (χ2n) is 6.31. The van der Waals surface area contributed by atoms with Gasteiger partial charge in [0.1, 0.15) is 6.61 Å². The summed E-state index contributed by atoms with van der Waals surface area (Å²) in [6.45, 7) is 3.04. The number of methoxy groups -OCH3 is 1. The van der Waals surface area contributed by atoms with Crippen LogP contribution in [0.25, 0.3) is 0 Å². The normalized spacial score (nSPS) is 10.6. The third-order valence-electron chi connectivity index (χ3n) is 4.33. The molecule has 1 aromatic heterocycles. The lowest BCUT2D eigenvalue weighted by molar-refractivity contribution is 0.146. The Balaban J connectivity index is 1.85. The monoisotopic (exact) mass is 459 g/mol. The third kappa shape index (κ3) is 5.08. The summed E-state index contributed by atoms with van der Waals surface area (Å²) in [5.41, 5.74) is 2.28. The number of carbonyl (C=O) groups excluding carboxylic acids is 1. The average molecular weight is 460 g/mol. The number of hydrogen-bond acceptors (Lipinski definition) is 5. The number of benzene rings is 2. The lowest BCUT2D eigenvalue weighted by atomic mass is 10.2. The van der Waals surface area contributed by atoms with Gasteiger partial charge in [0, 0.05) is 12.7 Å². The van der Waals surface area contributed by atoms with E-state index in [1.807, 2.05) is 37.3 Å². The van der Waals surface area contributed by atoms with Crippen molar-refractivity contribution in [1.82, 2.24) is 9.78 Å². The van der Waals surface area contributed by atoms with E-state index < -0.39 is 6.09 Å². The zero-order chi connectivity index (χ0) is 20.8.